The van der Waals surface area contributed by atoms with Gasteiger partial charge in [-0.1, -0.05) is 41.1 Å². The molecule has 1 fully saturated rings. The number of rotatable bonds is 8. The second-order valence-corrected chi connectivity index (χ2v) is 10.8. The molecule has 1 aromatic heterocycles. The van der Waals surface area contributed by atoms with Gasteiger partial charge in [0.05, 0.1) is 14.2 Å². The lowest BCUT2D eigenvalue weighted by Gasteiger charge is -2.30. The monoisotopic (exact) mass is 525 g/mol. The van der Waals surface area contributed by atoms with Gasteiger partial charge in [-0.3, -0.25) is 4.79 Å². The standard InChI is InChI=1S/C27H31N3O6S/c1-18-5-7-20(8-6-18)9-10-25-26(19(2)29-36-25)37(32,33)30-13-11-21(12-14-30)27(31)28-22-15-23(34-3)17-24(16-22)35-4/h5-10,15-17,21H,11-14H2,1-4H3,(H,28,31). The predicted molar refractivity (Wildman–Crippen MR) is 141 cm³/mol. The van der Waals surface area contributed by atoms with Crippen LogP contribution in [0.5, 0.6) is 11.5 Å². The lowest BCUT2D eigenvalue weighted by Crippen LogP contribution is -2.41. The number of ether oxygens (including phenoxy) is 2. The van der Waals surface area contributed by atoms with Crippen molar-refractivity contribution in [1.29, 1.82) is 0 Å². The van der Waals surface area contributed by atoms with Crippen LogP contribution < -0.4 is 14.8 Å². The molecule has 2 heterocycles. The van der Waals surface area contributed by atoms with Crippen LogP contribution in [0, 0.1) is 19.8 Å². The van der Waals surface area contributed by atoms with Gasteiger partial charge in [0, 0.05) is 42.9 Å². The molecule has 1 N–H and O–H groups in total. The first-order valence-electron chi connectivity index (χ1n) is 12.0. The maximum Gasteiger partial charge on any atom is 0.248 e. The fourth-order valence-electron chi connectivity index (χ4n) is 4.26. The number of aryl methyl sites for hydroxylation is 2. The Morgan fingerprint density at radius 2 is 1.65 bits per heavy atom. The quantitative estimate of drug-likeness (QED) is 0.460. The van der Waals surface area contributed by atoms with Gasteiger partial charge in [0.2, 0.25) is 15.9 Å². The third kappa shape index (κ3) is 6.03. The maximum atomic E-state index is 13.5. The van der Waals surface area contributed by atoms with E-state index in [1.54, 1.807) is 37.3 Å². The van der Waals surface area contributed by atoms with Crippen molar-refractivity contribution < 1.29 is 27.2 Å². The molecule has 0 unspecified atom stereocenters. The number of nitrogens with zero attached hydrogens (tertiary/aromatic N) is 2. The van der Waals surface area contributed by atoms with Gasteiger partial charge in [0.25, 0.3) is 0 Å². The fraction of sp³-hybridized carbons (Fsp3) is 0.333. The second-order valence-electron chi connectivity index (χ2n) is 8.97. The van der Waals surface area contributed by atoms with E-state index in [1.165, 1.54) is 18.5 Å². The summed E-state index contributed by atoms with van der Waals surface area (Å²) in [5.41, 5.74) is 2.91. The van der Waals surface area contributed by atoms with E-state index in [-0.39, 0.29) is 35.6 Å². The summed E-state index contributed by atoms with van der Waals surface area (Å²) in [6.07, 6.45) is 4.21. The average molecular weight is 526 g/mol. The minimum absolute atomic E-state index is 0.0576. The van der Waals surface area contributed by atoms with Crippen molar-refractivity contribution in [3.8, 4) is 11.5 Å². The first-order chi connectivity index (χ1) is 17.7. The van der Waals surface area contributed by atoms with Crippen molar-refractivity contribution >= 4 is 33.8 Å². The normalized spacial score (nSPS) is 15.1. The van der Waals surface area contributed by atoms with Gasteiger partial charge in [0.1, 0.15) is 17.2 Å². The first kappa shape index (κ1) is 26.4. The SMILES string of the molecule is COc1cc(NC(=O)C2CCN(S(=O)(=O)c3c(C)noc3C=Cc3ccc(C)cc3)CC2)cc(OC)c1. The molecule has 4 rings (SSSR count). The summed E-state index contributed by atoms with van der Waals surface area (Å²) >= 11 is 0. The zero-order valence-corrected chi connectivity index (χ0v) is 22.2. The molecule has 2 aromatic carbocycles. The summed E-state index contributed by atoms with van der Waals surface area (Å²) in [5.74, 6) is 0.812. The molecular weight excluding hydrogens is 494 g/mol. The van der Waals surface area contributed by atoms with Crippen molar-refractivity contribution in [2.45, 2.75) is 31.6 Å². The fourth-order valence-corrected chi connectivity index (χ4v) is 5.98. The van der Waals surface area contributed by atoms with Crippen LogP contribution in [0.25, 0.3) is 12.2 Å². The van der Waals surface area contributed by atoms with Crippen LogP contribution in [0.2, 0.25) is 0 Å². The van der Waals surface area contributed by atoms with E-state index in [2.05, 4.69) is 10.5 Å². The highest BCUT2D eigenvalue weighted by atomic mass is 32.2. The largest absolute Gasteiger partial charge is 0.497 e. The summed E-state index contributed by atoms with van der Waals surface area (Å²) in [6, 6.07) is 13.0. The number of carbonyl (C=O) groups excluding carboxylic acids is 1. The highest BCUT2D eigenvalue weighted by molar-refractivity contribution is 7.89. The Kier molecular flexibility index (Phi) is 7.99. The number of hydrogen-bond donors (Lipinski definition) is 1. The number of benzene rings is 2. The highest BCUT2D eigenvalue weighted by Crippen LogP contribution is 2.31. The molecule has 9 nitrogen and oxygen atoms in total. The number of carbonyl (C=O) groups is 1. The van der Waals surface area contributed by atoms with Crippen molar-refractivity contribution in [1.82, 2.24) is 9.46 Å². The van der Waals surface area contributed by atoms with Gasteiger partial charge in [-0.2, -0.15) is 4.31 Å². The van der Waals surface area contributed by atoms with Crippen LogP contribution in [0.15, 0.2) is 51.9 Å². The molecule has 0 saturated carbocycles. The van der Waals surface area contributed by atoms with Crippen molar-refractivity contribution in [3.63, 3.8) is 0 Å². The Morgan fingerprint density at radius 1 is 1.03 bits per heavy atom. The van der Waals surface area contributed by atoms with Crippen LogP contribution in [-0.4, -0.2) is 51.1 Å². The molecule has 37 heavy (non-hydrogen) atoms. The molecule has 0 radical (unpaired) electrons. The number of nitrogens with one attached hydrogen (secondary N) is 1. The third-order valence-electron chi connectivity index (χ3n) is 6.38. The van der Waals surface area contributed by atoms with E-state index in [0.717, 1.165) is 11.1 Å². The van der Waals surface area contributed by atoms with Gasteiger partial charge in [-0.25, -0.2) is 8.42 Å². The van der Waals surface area contributed by atoms with Gasteiger partial charge >= 0.3 is 0 Å². The number of aromatic nitrogens is 1. The number of anilines is 1. The number of amides is 1. The molecule has 0 aliphatic carbocycles. The zero-order valence-electron chi connectivity index (χ0n) is 21.4. The zero-order chi connectivity index (χ0) is 26.6. The van der Waals surface area contributed by atoms with E-state index in [0.29, 0.717) is 35.7 Å². The molecule has 1 aliphatic rings. The topological polar surface area (TPSA) is 111 Å². The van der Waals surface area contributed by atoms with Gasteiger partial charge in [0.15, 0.2) is 10.7 Å². The number of piperidine rings is 1. The first-order valence-corrected chi connectivity index (χ1v) is 13.4. The Morgan fingerprint density at radius 3 is 2.24 bits per heavy atom. The lowest BCUT2D eigenvalue weighted by molar-refractivity contribution is -0.120. The Labute approximate surface area is 217 Å². The number of sulfonamides is 1. The molecule has 196 valence electrons. The van der Waals surface area contributed by atoms with Crippen molar-refractivity contribution in [2.24, 2.45) is 5.92 Å². The molecular formula is C27H31N3O6S. The number of hydrogen-bond acceptors (Lipinski definition) is 7. The highest BCUT2D eigenvalue weighted by Gasteiger charge is 2.36. The van der Waals surface area contributed by atoms with E-state index in [9.17, 15) is 13.2 Å². The lowest BCUT2D eigenvalue weighted by atomic mass is 9.97. The third-order valence-corrected chi connectivity index (χ3v) is 8.44. The van der Waals surface area contributed by atoms with E-state index >= 15 is 0 Å². The summed E-state index contributed by atoms with van der Waals surface area (Å²) in [6.45, 7) is 4.05. The molecule has 3 aromatic rings. The van der Waals surface area contributed by atoms with Crippen LogP contribution >= 0.6 is 0 Å². The molecule has 1 aliphatic heterocycles. The van der Waals surface area contributed by atoms with Crippen LogP contribution in [0.3, 0.4) is 0 Å². The molecule has 10 heteroatoms. The molecule has 0 spiro atoms. The Balaban J connectivity index is 1.44. The van der Waals surface area contributed by atoms with Crippen molar-refractivity contribution in [2.75, 3.05) is 32.6 Å². The van der Waals surface area contributed by atoms with Crippen LogP contribution in [0.1, 0.15) is 35.4 Å². The smallest absolute Gasteiger partial charge is 0.248 e. The summed E-state index contributed by atoms with van der Waals surface area (Å²) in [5, 5.41) is 6.80. The van der Waals surface area contributed by atoms with E-state index in [1.807, 2.05) is 31.2 Å². The summed E-state index contributed by atoms with van der Waals surface area (Å²) < 4.78 is 44.3. The molecule has 1 saturated heterocycles. The maximum absolute atomic E-state index is 13.5. The van der Waals surface area contributed by atoms with Gasteiger partial charge < -0.3 is 19.3 Å². The van der Waals surface area contributed by atoms with Crippen LogP contribution in [0.4, 0.5) is 5.69 Å². The molecule has 0 atom stereocenters. The predicted octanol–water partition coefficient (Wildman–Crippen LogP) is 4.52. The minimum Gasteiger partial charge on any atom is -0.497 e. The summed E-state index contributed by atoms with van der Waals surface area (Å²) in [7, 11) is -0.778. The summed E-state index contributed by atoms with van der Waals surface area (Å²) in [4.78, 5) is 13.0. The Bertz CT molecular complexity index is 1370. The van der Waals surface area contributed by atoms with Gasteiger partial charge in [-0.05, 0) is 38.3 Å². The molecule has 0 bridgehead atoms. The van der Waals surface area contributed by atoms with Crippen molar-refractivity contribution in [3.05, 3.63) is 65.0 Å². The van der Waals surface area contributed by atoms with E-state index in [4.69, 9.17) is 14.0 Å². The van der Waals surface area contributed by atoms with E-state index < -0.39 is 10.0 Å². The second kappa shape index (κ2) is 11.2. The molecule has 1 amide bonds. The minimum atomic E-state index is -3.86. The van der Waals surface area contributed by atoms with Gasteiger partial charge in [-0.15, -0.1) is 0 Å². The Hall–Kier alpha value is -3.63. The average Bonchev–Trinajstić information content (AvgIpc) is 3.29. The van der Waals surface area contributed by atoms with Crippen LogP contribution in [-0.2, 0) is 14.8 Å². The number of methoxy groups -OCH3 is 2.